The molecule has 1 aromatic carbocycles. The number of aliphatic hydroxyl groups excluding tert-OH is 5. The van der Waals surface area contributed by atoms with Crippen LogP contribution in [0.1, 0.15) is 0 Å². The zero-order valence-electron chi connectivity index (χ0n) is 15.7. The minimum absolute atomic E-state index is 0.265. The van der Waals surface area contributed by atoms with Gasteiger partial charge < -0.3 is 55.3 Å². The highest BCUT2D eigenvalue weighted by Crippen LogP contribution is 2.42. The molecule has 0 unspecified atom stereocenters. The summed E-state index contributed by atoms with van der Waals surface area (Å²) in [5, 5.41) is 47.7. The summed E-state index contributed by atoms with van der Waals surface area (Å²) in [6.07, 6.45) is -10.5. The standard InChI is InChI=1S/C16H26NO12P/c17-8-1-3-9(4-2-8)27-16-14(22)15(29-30(23,24)25)12(28-16)7-26-6-11(20)13(21)10(19)5-18/h1-4,10-16,18-22H,5-7,17H2,(H2,23,24,25)/t10-,11+,12-,13-,14-,15-,16-/m1/s1. The molecule has 30 heavy (non-hydrogen) atoms. The van der Waals surface area contributed by atoms with Gasteiger partial charge in [-0.05, 0) is 24.3 Å². The van der Waals surface area contributed by atoms with Crippen LogP contribution in [0.4, 0.5) is 5.69 Å². The quantitative estimate of drug-likeness (QED) is 0.126. The van der Waals surface area contributed by atoms with Crippen molar-refractivity contribution in [2.24, 2.45) is 0 Å². The van der Waals surface area contributed by atoms with Crippen molar-refractivity contribution >= 4 is 13.5 Å². The van der Waals surface area contributed by atoms with Crippen LogP contribution in [0.5, 0.6) is 5.75 Å². The third-order valence-electron chi connectivity index (χ3n) is 4.23. The van der Waals surface area contributed by atoms with Crippen LogP contribution >= 0.6 is 7.82 Å². The van der Waals surface area contributed by atoms with E-state index in [9.17, 15) is 25.0 Å². The Labute approximate surface area is 171 Å². The summed E-state index contributed by atoms with van der Waals surface area (Å²) < 4.78 is 31.9. The number of phosphoric ester groups is 1. The molecular formula is C16H26NO12P. The van der Waals surface area contributed by atoms with Gasteiger partial charge in [0.2, 0.25) is 6.29 Å². The zero-order chi connectivity index (χ0) is 22.5. The van der Waals surface area contributed by atoms with Crippen LogP contribution in [0.15, 0.2) is 24.3 Å². The maximum Gasteiger partial charge on any atom is 0.470 e. The molecule has 9 N–H and O–H groups in total. The Kier molecular flexibility index (Phi) is 8.97. The van der Waals surface area contributed by atoms with Crippen LogP contribution in [0, 0.1) is 0 Å². The summed E-state index contributed by atoms with van der Waals surface area (Å²) in [5.74, 6) is 0.265. The first-order valence-corrected chi connectivity index (χ1v) is 10.4. The lowest BCUT2D eigenvalue weighted by molar-refractivity contribution is -0.134. The van der Waals surface area contributed by atoms with Crippen molar-refractivity contribution < 1.29 is 58.6 Å². The molecule has 0 bridgehead atoms. The van der Waals surface area contributed by atoms with Crippen molar-refractivity contribution in [3.8, 4) is 5.75 Å². The van der Waals surface area contributed by atoms with Gasteiger partial charge in [0.1, 0.15) is 42.4 Å². The molecule has 1 aliphatic heterocycles. The number of benzene rings is 1. The minimum Gasteiger partial charge on any atom is -0.462 e. The first kappa shape index (κ1) is 24.9. The van der Waals surface area contributed by atoms with Gasteiger partial charge in [-0.2, -0.15) is 0 Å². The summed E-state index contributed by atoms with van der Waals surface area (Å²) in [5.41, 5.74) is 6.05. The van der Waals surface area contributed by atoms with E-state index < -0.39 is 70.6 Å². The second-order valence-electron chi connectivity index (χ2n) is 6.63. The van der Waals surface area contributed by atoms with Gasteiger partial charge in [0.25, 0.3) is 0 Å². The molecule has 1 aliphatic rings. The van der Waals surface area contributed by atoms with Crippen molar-refractivity contribution in [2.45, 2.75) is 42.9 Å². The lowest BCUT2D eigenvalue weighted by Crippen LogP contribution is -2.43. The second kappa shape index (κ2) is 10.8. The Balaban J connectivity index is 2.00. The molecule has 1 fully saturated rings. The number of rotatable bonds is 11. The van der Waals surface area contributed by atoms with Gasteiger partial charge in [-0.15, -0.1) is 0 Å². The third-order valence-corrected chi connectivity index (χ3v) is 4.75. The molecule has 0 radical (unpaired) electrons. The van der Waals surface area contributed by atoms with E-state index in [1.807, 2.05) is 0 Å². The SMILES string of the molecule is Nc1ccc(O[C@@H]2O[C@H](COC[C@H](O)[C@H](O)[C@H](O)CO)[C@@H](OP(=O)(O)O)[C@H]2O)cc1. The highest BCUT2D eigenvalue weighted by molar-refractivity contribution is 7.46. The molecule has 1 heterocycles. The average Bonchev–Trinajstić information content (AvgIpc) is 2.96. The summed E-state index contributed by atoms with van der Waals surface area (Å²) in [4.78, 5) is 18.2. The fraction of sp³-hybridized carbons (Fsp3) is 0.625. The van der Waals surface area contributed by atoms with Crippen molar-refractivity contribution in [1.29, 1.82) is 0 Å². The van der Waals surface area contributed by atoms with E-state index in [0.29, 0.717) is 5.69 Å². The number of phosphoric acid groups is 1. The highest BCUT2D eigenvalue weighted by Gasteiger charge is 2.49. The largest absolute Gasteiger partial charge is 0.470 e. The van der Waals surface area contributed by atoms with E-state index in [2.05, 4.69) is 4.52 Å². The molecule has 1 saturated heterocycles. The maximum atomic E-state index is 11.2. The second-order valence-corrected chi connectivity index (χ2v) is 7.82. The molecule has 0 amide bonds. The topological polar surface area (TPSA) is 222 Å². The molecule has 2 rings (SSSR count). The number of ether oxygens (including phenoxy) is 3. The number of nitrogen functional groups attached to an aromatic ring is 1. The number of anilines is 1. The Morgan fingerprint density at radius 1 is 1.13 bits per heavy atom. The van der Waals surface area contributed by atoms with Crippen molar-refractivity contribution in [2.75, 3.05) is 25.6 Å². The highest BCUT2D eigenvalue weighted by atomic mass is 31.2. The minimum atomic E-state index is -5.01. The van der Waals surface area contributed by atoms with E-state index >= 15 is 0 Å². The predicted molar refractivity (Wildman–Crippen MR) is 99.0 cm³/mol. The molecule has 1 aromatic rings. The molecule has 172 valence electrons. The third kappa shape index (κ3) is 7.11. The molecule has 0 spiro atoms. The smallest absolute Gasteiger partial charge is 0.462 e. The summed E-state index contributed by atoms with van der Waals surface area (Å²) in [6, 6.07) is 6.07. The van der Waals surface area contributed by atoms with Gasteiger partial charge in [-0.1, -0.05) is 0 Å². The van der Waals surface area contributed by atoms with Gasteiger partial charge in [-0.3, -0.25) is 4.52 Å². The van der Waals surface area contributed by atoms with Crippen LogP contribution in [0.2, 0.25) is 0 Å². The fourth-order valence-corrected chi connectivity index (χ4v) is 3.25. The van der Waals surface area contributed by atoms with Crippen LogP contribution in [-0.2, 0) is 18.6 Å². The van der Waals surface area contributed by atoms with Crippen molar-refractivity contribution in [1.82, 2.24) is 0 Å². The molecule has 0 aromatic heterocycles. The van der Waals surface area contributed by atoms with Crippen LogP contribution in [-0.4, -0.2) is 98.1 Å². The van der Waals surface area contributed by atoms with Crippen molar-refractivity contribution in [3.05, 3.63) is 24.3 Å². The monoisotopic (exact) mass is 455 g/mol. The van der Waals surface area contributed by atoms with Gasteiger partial charge in [-0.25, -0.2) is 4.57 Å². The van der Waals surface area contributed by atoms with E-state index in [4.69, 9.17) is 34.8 Å². The van der Waals surface area contributed by atoms with E-state index in [1.54, 1.807) is 0 Å². The number of aliphatic hydroxyl groups is 5. The number of hydrogen-bond acceptors (Lipinski definition) is 11. The lowest BCUT2D eigenvalue weighted by Gasteiger charge is -2.23. The molecule has 13 nitrogen and oxygen atoms in total. The normalized spacial score (nSPS) is 27.6. The van der Waals surface area contributed by atoms with Crippen LogP contribution < -0.4 is 10.5 Å². The van der Waals surface area contributed by atoms with E-state index in [0.717, 1.165) is 0 Å². The maximum absolute atomic E-state index is 11.2. The lowest BCUT2D eigenvalue weighted by atomic mass is 10.1. The first-order valence-electron chi connectivity index (χ1n) is 8.84. The Morgan fingerprint density at radius 3 is 2.33 bits per heavy atom. The molecule has 7 atom stereocenters. The van der Waals surface area contributed by atoms with Crippen LogP contribution in [0.25, 0.3) is 0 Å². The Hall–Kier alpha value is -1.35. The summed E-state index contributed by atoms with van der Waals surface area (Å²) in [7, 11) is -5.01. The van der Waals surface area contributed by atoms with Crippen molar-refractivity contribution in [3.63, 3.8) is 0 Å². The van der Waals surface area contributed by atoms with Gasteiger partial charge >= 0.3 is 7.82 Å². The van der Waals surface area contributed by atoms with Crippen LogP contribution in [0.3, 0.4) is 0 Å². The molecule has 0 aliphatic carbocycles. The van der Waals surface area contributed by atoms with Gasteiger partial charge in [0, 0.05) is 5.69 Å². The summed E-state index contributed by atoms with van der Waals surface area (Å²) in [6.45, 7) is -1.71. The van der Waals surface area contributed by atoms with Gasteiger partial charge in [0.05, 0.1) is 19.8 Å². The molecule has 14 heteroatoms. The first-order chi connectivity index (χ1) is 14.0. The Morgan fingerprint density at radius 2 is 1.77 bits per heavy atom. The van der Waals surface area contributed by atoms with E-state index in [-0.39, 0.29) is 5.75 Å². The summed E-state index contributed by atoms with van der Waals surface area (Å²) >= 11 is 0. The predicted octanol–water partition coefficient (Wildman–Crippen LogP) is -2.70. The van der Waals surface area contributed by atoms with E-state index in [1.165, 1.54) is 24.3 Å². The number of nitrogens with two attached hydrogens (primary N) is 1. The molecular weight excluding hydrogens is 429 g/mol. The Bertz CT molecular complexity index is 700. The number of hydrogen-bond donors (Lipinski definition) is 8. The zero-order valence-corrected chi connectivity index (χ0v) is 16.6. The average molecular weight is 455 g/mol. The van der Waals surface area contributed by atoms with Gasteiger partial charge in [0.15, 0.2) is 0 Å². The molecule has 0 saturated carbocycles. The fourth-order valence-electron chi connectivity index (χ4n) is 2.67.